The first-order valence-corrected chi connectivity index (χ1v) is 7.41. The Balaban J connectivity index is 1.71. The Kier molecular flexibility index (Phi) is 4.03. The quantitative estimate of drug-likeness (QED) is 0.902. The van der Waals surface area contributed by atoms with E-state index in [0.717, 1.165) is 18.7 Å². The molecule has 0 aromatic heterocycles. The summed E-state index contributed by atoms with van der Waals surface area (Å²) in [5, 5.41) is 3.24. The molecule has 0 fully saturated rings. The van der Waals surface area contributed by atoms with Crippen LogP contribution in [0.2, 0.25) is 0 Å². The van der Waals surface area contributed by atoms with E-state index in [1.165, 1.54) is 17.2 Å². The minimum Gasteiger partial charge on any atom is -0.382 e. The van der Waals surface area contributed by atoms with Gasteiger partial charge in [-0.1, -0.05) is 24.3 Å². The molecule has 2 nitrogen and oxygen atoms in total. The average molecular weight is 336 g/mol. The van der Waals surface area contributed by atoms with Crippen molar-refractivity contribution in [3.8, 4) is 0 Å². The summed E-state index contributed by atoms with van der Waals surface area (Å²) in [6.45, 7) is 1.37. The van der Waals surface area contributed by atoms with Crippen LogP contribution in [0.1, 0.15) is 17.2 Å². The van der Waals surface area contributed by atoms with Crippen molar-refractivity contribution in [2.75, 3.05) is 18.5 Å². The molecule has 0 amide bonds. The monoisotopic (exact) mass is 335 g/mol. The molecule has 104 valence electrons. The molecule has 0 saturated heterocycles. The summed E-state index contributed by atoms with van der Waals surface area (Å²) in [4.78, 5) is 0. The van der Waals surface area contributed by atoms with Gasteiger partial charge in [-0.3, -0.25) is 0 Å². The van der Waals surface area contributed by atoms with Crippen molar-refractivity contribution >= 4 is 21.6 Å². The van der Waals surface area contributed by atoms with Crippen LogP contribution in [0.5, 0.6) is 0 Å². The van der Waals surface area contributed by atoms with E-state index in [0.29, 0.717) is 11.0 Å². The maximum Gasteiger partial charge on any atom is 0.139 e. The second-order valence-electron chi connectivity index (χ2n) is 4.82. The zero-order valence-corrected chi connectivity index (χ0v) is 12.5. The third-order valence-electron chi connectivity index (χ3n) is 3.50. The molecule has 0 spiro atoms. The highest BCUT2D eigenvalue weighted by molar-refractivity contribution is 9.10. The lowest BCUT2D eigenvalue weighted by atomic mass is 9.97. The summed E-state index contributed by atoms with van der Waals surface area (Å²) < 4.78 is 19.8. The number of anilines is 1. The molecule has 1 aliphatic rings. The fourth-order valence-corrected chi connectivity index (χ4v) is 2.71. The van der Waals surface area contributed by atoms with Crippen molar-refractivity contribution in [1.82, 2.24) is 0 Å². The molecule has 3 rings (SSSR count). The molecule has 1 heterocycles. The normalized spacial score (nSPS) is 17.6. The van der Waals surface area contributed by atoms with Crippen molar-refractivity contribution in [3.05, 3.63) is 63.9 Å². The lowest BCUT2D eigenvalue weighted by Gasteiger charge is -2.26. The number of ether oxygens (including phenoxy) is 1. The average Bonchev–Trinajstić information content (AvgIpc) is 2.48. The summed E-state index contributed by atoms with van der Waals surface area (Å²) in [7, 11) is 0. The van der Waals surface area contributed by atoms with Crippen molar-refractivity contribution in [3.63, 3.8) is 0 Å². The molecule has 0 radical (unpaired) electrons. The largest absolute Gasteiger partial charge is 0.382 e. The number of hydrogen-bond donors (Lipinski definition) is 1. The van der Waals surface area contributed by atoms with Gasteiger partial charge in [-0.15, -0.1) is 0 Å². The highest BCUT2D eigenvalue weighted by atomic mass is 79.9. The fraction of sp³-hybridized carbons (Fsp3) is 0.250. The summed E-state index contributed by atoms with van der Waals surface area (Å²) in [6.07, 6.45) is 0.978. The highest BCUT2D eigenvalue weighted by Crippen LogP contribution is 2.27. The Morgan fingerprint density at radius 2 is 2.10 bits per heavy atom. The number of nitrogens with one attached hydrogen (secondary N) is 1. The van der Waals surface area contributed by atoms with Gasteiger partial charge in [0.2, 0.25) is 0 Å². The van der Waals surface area contributed by atoms with Crippen molar-refractivity contribution in [1.29, 1.82) is 0 Å². The van der Waals surface area contributed by atoms with Gasteiger partial charge in [0.25, 0.3) is 0 Å². The molecule has 2 aromatic rings. The van der Waals surface area contributed by atoms with Gasteiger partial charge in [0, 0.05) is 12.2 Å². The number of fused-ring (bicyclic) bond motifs is 1. The van der Waals surface area contributed by atoms with Gasteiger partial charge in [0.1, 0.15) is 5.82 Å². The standard InChI is InChI=1S/C16H15BrFNO/c17-14-6-5-12(9-15(14)18)19-10-16-13-4-2-1-3-11(13)7-8-20-16/h1-6,9,16,19H,7-8,10H2. The van der Waals surface area contributed by atoms with Gasteiger partial charge in [-0.25, -0.2) is 4.39 Å². The second kappa shape index (κ2) is 5.94. The predicted octanol–water partition coefficient (Wildman–Crippen LogP) is 4.31. The second-order valence-corrected chi connectivity index (χ2v) is 5.67. The van der Waals surface area contributed by atoms with E-state index in [-0.39, 0.29) is 11.9 Å². The summed E-state index contributed by atoms with van der Waals surface area (Å²) in [5.41, 5.74) is 3.33. The van der Waals surface area contributed by atoms with Crippen LogP contribution in [-0.4, -0.2) is 13.2 Å². The van der Waals surface area contributed by atoms with Gasteiger partial charge in [-0.05, 0) is 51.7 Å². The van der Waals surface area contributed by atoms with E-state index in [1.54, 1.807) is 6.07 Å². The smallest absolute Gasteiger partial charge is 0.139 e. The van der Waals surface area contributed by atoms with Crippen LogP contribution in [0.15, 0.2) is 46.9 Å². The SMILES string of the molecule is Fc1cc(NCC2OCCc3ccccc32)ccc1Br. The Labute approximate surface area is 126 Å². The highest BCUT2D eigenvalue weighted by Gasteiger charge is 2.20. The van der Waals surface area contributed by atoms with Gasteiger partial charge >= 0.3 is 0 Å². The van der Waals surface area contributed by atoms with Crippen LogP contribution < -0.4 is 5.32 Å². The van der Waals surface area contributed by atoms with E-state index >= 15 is 0 Å². The molecule has 1 unspecified atom stereocenters. The molecule has 2 aromatic carbocycles. The van der Waals surface area contributed by atoms with E-state index in [9.17, 15) is 4.39 Å². The maximum atomic E-state index is 13.5. The lowest BCUT2D eigenvalue weighted by molar-refractivity contribution is 0.0513. The Morgan fingerprint density at radius 3 is 2.95 bits per heavy atom. The van der Waals surface area contributed by atoms with Crippen LogP contribution in [0.4, 0.5) is 10.1 Å². The minimum atomic E-state index is -0.264. The molecule has 0 bridgehead atoms. The molecule has 1 atom stereocenters. The molecule has 1 N–H and O–H groups in total. The first-order chi connectivity index (χ1) is 9.74. The minimum absolute atomic E-state index is 0.0201. The van der Waals surface area contributed by atoms with Crippen LogP contribution in [0.25, 0.3) is 0 Å². The van der Waals surface area contributed by atoms with Crippen molar-refractivity contribution < 1.29 is 9.13 Å². The molecule has 4 heteroatoms. The summed E-state index contributed by atoms with van der Waals surface area (Å²) in [5.74, 6) is -0.264. The van der Waals surface area contributed by atoms with Crippen LogP contribution in [0, 0.1) is 5.82 Å². The molecule has 20 heavy (non-hydrogen) atoms. The van der Waals surface area contributed by atoms with Crippen molar-refractivity contribution in [2.24, 2.45) is 0 Å². The third kappa shape index (κ3) is 2.86. The zero-order chi connectivity index (χ0) is 13.9. The molecule has 1 aliphatic heterocycles. The lowest BCUT2D eigenvalue weighted by Crippen LogP contribution is -2.22. The van der Waals surface area contributed by atoms with Gasteiger partial charge in [0.15, 0.2) is 0 Å². The summed E-state index contributed by atoms with van der Waals surface area (Å²) in [6, 6.07) is 13.4. The first-order valence-electron chi connectivity index (χ1n) is 6.62. The number of halogens is 2. The first kappa shape index (κ1) is 13.6. The van der Waals surface area contributed by atoms with Gasteiger partial charge in [-0.2, -0.15) is 0 Å². The Hall–Kier alpha value is -1.39. The van der Waals surface area contributed by atoms with Gasteiger partial charge in [0.05, 0.1) is 17.2 Å². The molecule has 0 saturated carbocycles. The number of hydrogen-bond acceptors (Lipinski definition) is 2. The van der Waals surface area contributed by atoms with E-state index in [1.807, 2.05) is 12.1 Å². The Morgan fingerprint density at radius 1 is 1.25 bits per heavy atom. The van der Waals surface area contributed by atoms with E-state index in [2.05, 4.69) is 39.4 Å². The predicted molar refractivity (Wildman–Crippen MR) is 81.4 cm³/mol. The fourth-order valence-electron chi connectivity index (χ4n) is 2.46. The zero-order valence-electron chi connectivity index (χ0n) is 10.9. The topological polar surface area (TPSA) is 21.3 Å². The van der Waals surface area contributed by atoms with E-state index < -0.39 is 0 Å². The van der Waals surface area contributed by atoms with Crippen LogP contribution in [0.3, 0.4) is 0 Å². The maximum absolute atomic E-state index is 13.5. The Bertz CT molecular complexity index is 617. The van der Waals surface area contributed by atoms with Gasteiger partial charge < -0.3 is 10.1 Å². The molecular formula is C16H15BrFNO. The third-order valence-corrected chi connectivity index (χ3v) is 4.15. The van der Waals surface area contributed by atoms with Crippen LogP contribution in [-0.2, 0) is 11.2 Å². The van der Waals surface area contributed by atoms with E-state index in [4.69, 9.17) is 4.74 Å². The number of rotatable bonds is 3. The molecule has 0 aliphatic carbocycles. The molecular weight excluding hydrogens is 321 g/mol. The summed E-state index contributed by atoms with van der Waals surface area (Å²) >= 11 is 3.15. The number of benzene rings is 2. The van der Waals surface area contributed by atoms with Crippen LogP contribution >= 0.6 is 15.9 Å². The van der Waals surface area contributed by atoms with Crippen molar-refractivity contribution in [2.45, 2.75) is 12.5 Å².